The summed E-state index contributed by atoms with van der Waals surface area (Å²) in [6.07, 6.45) is 7.89. The van der Waals surface area contributed by atoms with Crippen molar-refractivity contribution >= 4 is 40.6 Å². The number of ether oxygens (including phenoxy) is 1. The van der Waals surface area contributed by atoms with Crippen molar-refractivity contribution in [2.45, 2.75) is 31.4 Å². The molecule has 9 heteroatoms. The van der Waals surface area contributed by atoms with E-state index >= 15 is 0 Å². The van der Waals surface area contributed by atoms with Crippen LogP contribution in [0.1, 0.15) is 17.7 Å². The minimum atomic E-state index is -0.301. The number of nitrogens with zero attached hydrogens (tertiary/aromatic N) is 4. The van der Waals surface area contributed by atoms with Gasteiger partial charge in [-0.25, -0.2) is 10.8 Å². The lowest BCUT2D eigenvalue weighted by molar-refractivity contribution is 0.118. The van der Waals surface area contributed by atoms with Crippen LogP contribution in [-0.4, -0.2) is 46.2 Å². The first-order valence-corrected chi connectivity index (χ1v) is 10.7. The van der Waals surface area contributed by atoms with E-state index in [0.29, 0.717) is 12.4 Å². The zero-order valence-corrected chi connectivity index (χ0v) is 17.4. The van der Waals surface area contributed by atoms with E-state index in [1.54, 1.807) is 28.9 Å². The van der Waals surface area contributed by atoms with Gasteiger partial charge in [-0.3, -0.25) is 5.01 Å². The van der Waals surface area contributed by atoms with Crippen molar-refractivity contribution in [2.75, 3.05) is 11.9 Å². The number of anilines is 1. The summed E-state index contributed by atoms with van der Waals surface area (Å²) in [4.78, 5) is 8.72. The van der Waals surface area contributed by atoms with Crippen LogP contribution in [0.3, 0.4) is 0 Å². The van der Waals surface area contributed by atoms with Crippen LogP contribution in [0.25, 0.3) is 11.0 Å². The lowest BCUT2D eigenvalue weighted by atomic mass is 10.0. The van der Waals surface area contributed by atoms with Crippen LogP contribution in [0, 0.1) is 0 Å². The number of H-pyrrole nitrogens is 1. The number of hydrazine groups is 1. The Bertz CT molecular complexity index is 1030. The molecule has 3 heterocycles. The second kappa shape index (κ2) is 9.55. The molecule has 2 unspecified atom stereocenters. The van der Waals surface area contributed by atoms with Crippen molar-refractivity contribution in [3.63, 3.8) is 0 Å². The molecule has 0 bridgehead atoms. The Kier molecular flexibility index (Phi) is 6.41. The third kappa shape index (κ3) is 4.69. The number of aromatic nitrogens is 2. The predicted molar refractivity (Wildman–Crippen MR) is 123 cm³/mol. The molecule has 0 amide bonds. The molecule has 0 aliphatic carbocycles. The molecular formula is C21H25N7OS. The van der Waals surface area contributed by atoms with Crippen molar-refractivity contribution in [1.82, 2.24) is 15.0 Å². The Morgan fingerprint density at radius 3 is 3.17 bits per heavy atom. The lowest BCUT2D eigenvalue weighted by Gasteiger charge is -2.33. The third-order valence-corrected chi connectivity index (χ3v) is 5.94. The van der Waals surface area contributed by atoms with Gasteiger partial charge in [0, 0.05) is 30.2 Å². The van der Waals surface area contributed by atoms with Crippen molar-refractivity contribution in [1.29, 1.82) is 0 Å². The molecule has 1 aromatic carbocycles. The molecule has 1 aliphatic heterocycles. The molecule has 2 atom stereocenters. The van der Waals surface area contributed by atoms with Crippen LogP contribution in [0.2, 0.25) is 0 Å². The van der Waals surface area contributed by atoms with Gasteiger partial charge < -0.3 is 15.0 Å². The number of amidine groups is 1. The highest BCUT2D eigenvalue weighted by Gasteiger charge is 2.31. The molecule has 1 aliphatic rings. The summed E-state index contributed by atoms with van der Waals surface area (Å²) in [5.41, 5.74) is 2.76. The monoisotopic (exact) mass is 423 g/mol. The molecule has 0 saturated heterocycles. The average Bonchev–Trinajstić information content (AvgIpc) is 3.46. The van der Waals surface area contributed by atoms with E-state index in [9.17, 15) is 0 Å². The van der Waals surface area contributed by atoms with E-state index in [0.717, 1.165) is 36.0 Å². The highest BCUT2D eigenvalue weighted by atomic mass is 32.1. The number of nitrogens with two attached hydrogens (primary N) is 1. The Hall–Kier alpha value is -3.17. The molecule has 8 nitrogen and oxygen atoms in total. The molecule has 156 valence electrons. The maximum atomic E-state index is 6.44. The van der Waals surface area contributed by atoms with Crippen LogP contribution >= 0.6 is 11.3 Å². The summed E-state index contributed by atoms with van der Waals surface area (Å²) in [6.45, 7) is 4.15. The number of hydrogen-bond acceptors (Lipinski definition) is 7. The van der Waals surface area contributed by atoms with Crippen molar-refractivity contribution in [2.24, 2.45) is 16.0 Å². The fourth-order valence-electron chi connectivity index (χ4n) is 3.49. The first kappa shape index (κ1) is 20.1. The summed E-state index contributed by atoms with van der Waals surface area (Å²) in [6, 6.07) is 9.82. The molecule has 4 rings (SSSR count). The molecule has 0 fully saturated rings. The van der Waals surface area contributed by atoms with E-state index in [-0.39, 0.29) is 12.1 Å². The van der Waals surface area contributed by atoms with Crippen LogP contribution in [0.5, 0.6) is 0 Å². The van der Waals surface area contributed by atoms with Gasteiger partial charge in [0.2, 0.25) is 0 Å². The molecule has 3 aromatic rings. The number of rotatable bonds is 8. The predicted octanol–water partition coefficient (Wildman–Crippen LogP) is 3.53. The van der Waals surface area contributed by atoms with E-state index in [1.165, 1.54) is 4.88 Å². The molecule has 30 heavy (non-hydrogen) atoms. The van der Waals surface area contributed by atoms with Gasteiger partial charge in [-0.15, -0.1) is 16.4 Å². The standard InChI is InChI=1S/C21H25N7OS/c1-23-27-21(28(22)10-9-16-5-4-12-30-16)20(19-6-2-3-11-29-19)26-15-7-8-17-18(13-15)25-14-24-17/h3-5,7-8,11-14,19-20,26H,1-2,6,9-10,22H2,(H,24,25)/b27-21-. The second-order valence-corrected chi connectivity index (χ2v) is 8.03. The van der Waals surface area contributed by atoms with Gasteiger partial charge in [-0.1, -0.05) is 6.07 Å². The summed E-state index contributed by atoms with van der Waals surface area (Å²) in [5, 5.41) is 15.3. The maximum absolute atomic E-state index is 6.44. The van der Waals surface area contributed by atoms with Crippen molar-refractivity contribution in [3.8, 4) is 0 Å². The summed E-state index contributed by atoms with van der Waals surface area (Å²) >= 11 is 1.71. The highest BCUT2D eigenvalue weighted by molar-refractivity contribution is 7.09. The van der Waals surface area contributed by atoms with Crippen LogP contribution in [0.4, 0.5) is 5.69 Å². The molecular weight excluding hydrogens is 398 g/mol. The number of fused-ring (bicyclic) bond motifs is 1. The maximum Gasteiger partial charge on any atom is 0.167 e. The Labute approximate surface area is 179 Å². The fourth-order valence-corrected chi connectivity index (χ4v) is 4.19. The van der Waals surface area contributed by atoms with Gasteiger partial charge in [0.05, 0.1) is 23.6 Å². The van der Waals surface area contributed by atoms with Gasteiger partial charge >= 0.3 is 0 Å². The number of nitrogens with one attached hydrogen (secondary N) is 2. The zero-order valence-electron chi connectivity index (χ0n) is 16.6. The van der Waals surface area contributed by atoms with E-state index in [2.05, 4.69) is 43.7 Å². The number of allylic oxidation sites excluding steroid dienone is 1. The first-order valence-electron chi connectivity index (χ1n) is 9.83. The van der Waals surface area contributed by atoms with Gasteiger partial charge in [0.1, 0.15) is 12.1 Å². The Morgan fingerprint density at radius 1 is 1.47 bits per heavy atom. The summed E-state index contributed by atoms with van der Waals surface area (Å²) in [7, 11) is 0. The number of benzene rings is 1. The number of imidazole rings is 1. The van der Waals surface area contributed by atoms with Gasteiger partial charge in [-0.05, 0) is 48.6 Å². The molecule has 2 aromatic heterocycles. The normalized spacial score (nSPS) is 17.5. The lowest BCUT2D eigenvalue weighted by Crippen LogP contribution is -2.53. The average molecular weight is 424 g/mol. The van der Waals surface area contributed by atoms with Gasteiger partial charge in [0.15, 0.2) is 5.84 Å². The molecule has 0 radical (unpaired) electrons. The summed E-state index contributed by atoms with van der Waals surface area (Å²) < 4.78 is 5.92. The molecule has 0 spiro atoms. The van der Waals surface area contributed by atoms with Crippen LogP contribution < -0.4 is 11.2 Å². The number of aromatic amines is 1. The minimum Gasteiger partial charge on any atom is -0.496 e. The van der Waals surface area contributed by atoms with Gasteiger partial charge in [0.25, 0.3) is 0 Å². The van der Waals surface area contributed by atoms with Crippen LogP contribution in [0.15, 0.2) is 64.6 Å². The zero-order chi connectivity index (χ0) is 20.8. The van der Waals surface area contributed by atoms with Gasteiger partial charge in [-0.2, -0.15) is 5.10 Å². The second-order valence-electron chi connectivity index (χ2n) is 7.00. The summed E-state index contributed by atoms with van der Waals surface area (Å²) in [5.74, 6) is 7.03. The largest absolute Gasteiger partial charge is 0.496 e. The smallest absolute Gasteiger partial charge is 0.167 e. The topological polar surface area (TPSA) is 104 Å². The SMILES string of the molecule is C=N/N=C(/C(Nc1ccc2[nH]cnc2c1)C1CCC=CO1)N(N)CCc1cccs1. The van der Waals surface area contributed by atoms with E-state index < -0.39 is 0 Å². The quantitative estimate of drug-likeness (QED) is 0.223. The Morgan fingerprint density at radius 2 is 2.40 bits per heavy atom. The minimum absolute atomic E-state index is 0.141. The Balaban J connectivity index is 1.58. The fraction of sp³-hybridized carbons (Fsp3) is 0.286. The van der Waals surface area contributed by atoms with E-state index in [1.807, 2.05) is 30.3 Å². The molecule has 0 saturated carbocycles. The third-order valence-electron chi connectivity index (χ3n) is 5.01. The molecule has 4 N–H and O–H groups in total. The van der Waals surface area contributed by atoms with E-state index in [4.69, 9.17) is 10.6 Å². The first-order chi connectivity index (χ1) is 14.7. The van der Waals surface area contributed by atoms with Crippen LogP contribution in [-0.2, 0) is 11.2 Å². The number of hydrogen-bond donors (Lipinski definition) is 3. The van der Waals surface area contributed by atoms with Crippen molar-refractivity contribution < 1.29 is 4.74 Å². The highest BCUT2D eigenvalue weighted by Crippen LogP contribution is 2.22. The number of thiophene rings is 1. The van der Waals surface area contributed by atoms with Crippen molar-refractivity contribution in [3.05, 3.63) is 59.3 Å².